The van der Waals surface area contributed by atoms with Crippen LogP contribution in [0.4, 0.5) is 0 Å². The highest BCUT2D eigenvalue weighted by atomic mass is 32.1. The van der Waals surface area contributed by atoms with Gasteiger partial charge in [-0.3, -0.25) is 4.79 Å². The van der Waals surface area contributed by atoms with Crippen molar-refractivity contribution in [2.24, 2.45) is 0 Å². The molecule has 2 nitrogen and oxygen atoms in total. The van der Waals surface area contributed by atoms with Crippen molar-refractivity contribution in [2.75, 3.05) is 0 Å². The Morgan fingerprint density at radius 2 is 1.62 bits per heavy atom. The summed E-state index contributed by atoms with van der Waals surface area (Å²) in [7, 11) is 0. The number of amides is 1. The fourth-order valence-corrected chi connectivity index (χ4v) is 3.97. The average molecular weight is 357 g/mol. The Morgan fingerprint density at radius 1 is 0.846 bits per heavy atom. The molecule has 1 heterocycles. The maximum atomic E-state index is 12.7. The summed E-state index contributed by atoms with van der Waals surface area (Å²) in [4.78, 5) is 13.9. The van der Waals surface area contributed by atoms with Crippen LogP contribution in [0.2, 0.25) is 0 Å². The van der Waals surface area contributed by atoms with Gasteiger partial charge >= 0.3 is 0 Å². The molecular formula is C23H19NOS. The van der Waals surface area contributed by atoms with Gasteiger partial charge in [-0.1, -0.05) is 78.9 Å². The number of hydrogen-bond acceptors (Lipinski definition) is 2. The Balaban J connectivity index is 1.54. The van der Waals surface area contributed by atoms with Crippen molar-refractivity contribution >= 4 is 28.0 Å². The minimum Gasteiger partial charge on any atom is -0.344 e. The van der Waals surface area contributed by atoms with E-state index < -0.39 is 0 Å². The molecule has 0 bridgehead atoms. The second-order valence-electron chi connectivity index (χ2n) is 6.28. The summed E-state index contributed by atoms with van der Waals surface area (Å²) >= 11 is 1.66. The summed E-state index contributed by atoms with van der Waals surface area (Å²) in [5.41, 5.74) is 2.13. The van der Waals surface area contributed by atoms with Crippen LogP contribution < -0.4 is 5.32 Å². The number of carbonyl (C=O) groups excluding carboxylic acids is 1. The predicted molar refractivity (Wildman–Crippen MR) is 108 cm³/mol. The van der Waals surface area contributed by atoms with Gasteiger partial charge in [0.1, 0.15) is 0 Å². The Bertz CT molecular complexity index is 1010. The van der Waals surface area contributed by atoms with Gasteiger partial charge in [0.2, 0.25) is 5.91 Å². The molecule has 0 saturated heterocycles. The Kier molecular flexibility index (Phi) is 4.80. The normalized spacial score (nSPS) is 12.0. The van der Waals surface area contributed by atoms with Gasteiger partial charge in [0.05, 0.1) is 12.5 Å². The molecule has 0 aliphatic heterocycles. The molecule has 0 spiro atoms. The topological polar surface area (TPSA) is 29.1 Å². The predicted octanol–water partition coefficient (Wildman–Crippen LogP) is 5.35. The molecule has 3 heteroatoms. The first-order valence-electron chi connectivity index (χ1n) is 8.65. The summed E-state index contributed by atoms with van der Waals surface area (Å²) in [5.74, 6) is 0.0301. The molecule has 1 amide bonds. The van der Waals surface area contributed by atoms with Crippen LogP contribution in [0, 0.1) is 0 Å². The summed E-state index contributed by atoms with van der Waals surface area (Å²) < 4.78 is 0. The molecule has 0 saturated carbocycles. The van der Waals surface area contributed by atoms with Crippen LogP contribution >= 0.6 is 11.3 Å². The quantitative estimate of drug-likeness (QED) is 0.512. The van der Waals surface area contributed by atoms with Gasteiger partial charge in [0.15, 0.2) is 0 Å². The van der Waals surface area contributed by atoms with Crippen molar-refractivity contribution in [3.8, 4) is 0 Å². The maximum absolute atomic E-state index is 12.7. The number of hydrogen-bond donors (Lipinski definition) is 1. The van der Waals surface area contributed by atoms with E-state index in [2.05, 4.69) is 47.8 Å². The van der Waals surface area contributed by atoms with Crippen molar-refractivity contribution in [2.45, 2.75) is 12.5 Å². The first-order valence-corrected chi connectivity index (χ1v) is 9.53. The molecule has 128 valence electrons. The number of thiophene rings is 1. The molecule has 4 rings (SSSR count). The fraction of sp³-hybridized carbons (Fsp3) is 0.0870. The number of nitrogens with one attached hydrogen (secondary N) is 1. The number of carbonyl (C=O) groups is 1. The minimum absolute atomic E-state index is 0.0301. The lowest BCUT2D eigenvalue weighted by molar-refractivity contribution is -0.120. The molecule has 1 atom stereocenters. The van der Waals surface area contributed by atoms with Crippen LogP contribution in [0.1, 0.15) is 22.0 Å². The first kappa shape index (κ1) is 16.6. The molecule has 26 heavy (non-hydrogen) atoms. The zero-order chi connectivity index (χ0) is 17.8. The second kappa shape index (κ2) is 7.54. The van der Waals surface area contributed by atoms with Crippen LogP contribution in [0.5, 0.6) is 0 Å². The van der Waals surface area contributed by atoms with Crippen LogP contribution in [-0.4, -0.2) is 5.91 Å². The summed E-state index contributed by atoms with van der Waals surface area (Å²) in [6, 6.07) is 28.5. The van der Waals surface area contributed by atoms with E-state index in [4.69, 9.17) is 0 Å². The molecule has 1 N–H and O–H groups in total. The van der Waals surface area contributed by atoms with Crippen LogP contribution in [0.3, 0.4) is 0 Å². The highest BCUT2D eigenvalue weighted by Gasteiger charge is 2.17. The lowest BCUT2D eigenvalue weighted by Gasteiger charge is -2.18. The number of rotatable bonds is 5. The third-order valence-electron chi connectivity index (χ3n) is 4.44. The minimum atomic E-state index is -0.107. The fourth-order valence-electron chi connectivity index (χ4n) is 3.17. The molecule has 0 fully saturated rings. The van der Waals surface area contributed by atoms with Gasteiger partial charge in [0.25, 0.3) is 0 Å². The van der Waals surface area contributed by atoms with Crippen molar-refractivity contribution in [3.05, 3.63) is 106 Å². The van der Waals surface area contributed by atoms with E-state index in [-0.39, 0.29) is 11.9 Å². The van der Waals surface area contributed by atoms with E-state index in [1.165, 1.54) is 5.39 Å². The van der Waals surface area contributed by atoms with Crippen molar-refractivity contribution < 1.29 is 4.79 Å². The molecule has 0 radical (unpaired) electrons. The second-order valence-corrected chi connectivity index (χ2v) is 7.26. The lowest BCUT2D eigenvalue weighted by Crippen LogP contribution is -2.30. The van der Waals surface area contributed by atoms with Crippen molar-refractivity contribution in [3.63, 3.8) is 0 Å². The summed E-state index contributed by atoms with van der Waals surface area (Å²) in [6.45, 7) is 0. The molecular weight excluding hydrogens is 338 g/mol. The standard InChI is InChI=1S/C23H19NOS/c25-22(16-17-12-13-18-7-4-5-10-20(18)15-17)24-23(21-11-6-14-26-21)19-8-2-1-3-9-19/h1-15,23H,16H2,(H,24,25)/t23-/m0/s1. The number of benzene rings is 3. The third-order valence-corrected chi connectivity index (χ3v) is 5.38. The maximum Gasteiger partial charge on any atom is 0.225 e. The van der Waals surface area contributed by atoms with E-state index in [1.54, 1.807) is 11.3 Å². The Hall–Kier alpha value is -2.91. The van der Waals surface area contributed by atoms with Crippen LogP contribution in [0.15, 0.2) is 90.3 Å². The van der Waals surface area contributed by atoms with Gasteiger partial charge < -0.3 is 5.32 Å². The molecule has 4 aromatic rings. The van der Waals surface area contributed by atoms with E-state index in [9.17, 15) is 4.79 Å². The van der Waals surface area contributed by atoms with Gasteiger partial charge in [-0.2, -0.15) is 0 Å². The summed E-state index contributed by atoms with van der Waals surface area (Å²) in [6.07, 6.45) is 0.375. The molecule has 1 aromatic heterocycles. The van der Waals surface area contributed by atoms with Gasteiger partial charge in [-0.15, -0.1) is 11.3 Å². The Morgan fingerprint density at radius 3 is 2.38 bits per heavy atom. The molecule has 0 aliphatic rings. The first-order chi connectivity index (χ1) is 12.8. The molecule has 0 unspecified atom stereocenters. The largest absolute Gasteiger partial charge is 0.344 e. The van der Waals surface area contributed by atoms with Crippen LogP contribution in [0.25, 0.3) is 10.8 Å². The lowest BCUT2D eigenvalue weighted by atomic mass is 10.0. The van der Waals surface area contributed by atoms with E-state index in [1.807, 2.05) is 47.8 Å². The van der Waals surface area contributed by atoms with E-state index >= 15 is 0 Å². The van der Waals surface area contributed by atoms with Gasteiger partial charge in [0, 0.05) is 4.88 Å². The van der Waals surface area contributed by atoms with Gasteiger partial charge in [-0.05, 0) is 33.3 Å². The highest BCUT2D eigenvalue weighted by Crippen LogP contribution is 2.26. The van der Waals surface area contributed by atoms with E-state index in [0.717, 1.165) is 21.4 Å². The Labute approximate surface area is 157 Å². The highest BCUT2D eigenvalue weighted by molar-refractivity contribution is 7.10. The number of fused-ring (bicyclic) bond motifs is 1. The van der Waals surface area contributed by atoms with Crippen molar-refractivity contribution in [1.82, 2.24) is 5.32 Å². The van der Waals surface area contributed by atoms with E-state index in [0.29, 0.717) is 6.42 Å². The monoisotopic (exact) mass is 357 g/mol. The van der Waals surface area contributed by atoms with Crippen LogP contribution in [-0.2, 0) is 11.2 Å². The SMILES string of the molecule is O=C(Cc1ccc2ccccc2c1)N[C@@H](c1ccccc1)c1cccs1. The zero-order valence-corrected chi connectivity index (χ0v) is 15.1. The average Bonchev–Trinajstić information content (AvgIpc) is 3.21. The summed E-state index contributed by atoms with van der Waals surface area (Å²) in [5, 5.41) is 7.60. The smallest absolute Gasteiger partial charge is 0.225 e. The van der Waals surface area contributed by atoms with Gasteiger partial charge in [-0.25, -0.2) is 0 Å². The van der Waals surface area contributed by atoms with Crippen molar-refractivity contribution in [1.29, 1.82) is 0 Å². The third kappa shape index (κ3) is 3.68. The molecule has 3 aromatic carbocycles. The molecule has 0 aliphatic carbocycles. The zero-order valence-electron chi connectivity index (χ0n) is 14.3.